The van der Waals surface area contributed by atoms with E-state index < -0.39 is 36.1 Å². The minimum atomic E-state index is -1.58. The van der Waals surface area contributed by atoms with Gasteiger partial charge in [0.25, 0.3) is 0 Å². The van der Waals surface area contributed by atoms with Crippen LogP contribution in [0.2, 0.25) is 0 Å². The molecule has 0 aliphatic carbocycles. The maximum absolute atomic E-state index is 11.0. The summed E-state index contributed by atoms with van der Waals surface area (Å²) in [4.78, 5) is 0. The Kier molecular flexibility index (Phi) is 8.94. The maximum atomic E-state index is 11.0. The maximum Gasteiger partial charge on any atom is 0.133 e. The summed E-state index contributed by atoms with van der Waals surface area (Å²) >= 11 is 0. The molecule has 0 saturated heterocycles. The lowest BCUT2D eigenvalue weighted by molar-refractivity contribution is -0.0421. The molecular formula is C20H28O6P2. The second-order valence-electron chi connectivity index (χ2n) is 6.52. The Morgan fingerprint density at radius 2 is 0.964 bits per heavy atom. The molecule has 0 heterocycles. The van der Waals surface area contributed by atoms with Crippen molar-refractivity contribution in [1.29, 1.82) is 0 Å². The zero-order valence-corrected chi connectivity index (χ0v) is 17.4. The summed E-state index contributed by atoms with van der Waals surface area (Å²) in [6, 6.07) is 17.4. The summed E-state index contributed by atoms with van der Waals surface area (Å²) in [6.45, 7) is -1.14. The first kappa shape index (κ1) is 23.3. The summed E-state index contributed by atoms with van der Waals surface area (Å²) in [5, 5.41) is 57.9. The first-order chi connectivity index (χ1) is 13.4. The molecule has 28 heavy (non-hydrogen) atoms. The molecule has 0 bridgehead atoms. The number of aliphatic hydroxyl groups excluding tert-OH is 4. The quantitative estimate of drug-likeness (QED) is 0.233. The third-order valence-electron chi connectivity index (χ3n) is 4.65. The van der Waals surface area contributed by atoms with Crippen LogP contribution in [-0.2, 0) is 10.7 Å². The Balaban J connectivity index is 2.09. The second-order valence-corrected chi connectivity index (χ2v) is 9.75. The topological polar surface area (TPSA) is 121 Å². The third kappa shape index (κ3) is 5.35. The molecule has 6 atom stereocenters. The molecule has 0 aliphatic heterocycles. The fourth-order valence-electron chi connectivity index (χ4n) is 2.98. The summed E-state index contributed by atoms with van der Waals surface area (Å²) in [6.07, 6.45) is -1.72. The van der Waals surface area contributed by atoms with Crippen molar-refractivity contribution in [2.75, 3.05) is 25.5 Å². The van der Waals surface area contributed by atoms with Gasteiger partial charge in [-0.2, -0.15) is 0 Å². The molecule has 0 radical (unpaired) electrons. The normalized spacial score (nSPS) is 18.9. The molecule has 6 N–H and O–H groups in total. The van der Waals surface area contributed by atoms with Gasteiger partial charge in [0.2, 0.25) is 0 Å². The molecular weight excluding hydrogens is 398 g/mol. The fourth-order valence-corrected chi connectivity index (χ4v) is 6.14. The van der Waals surface area contributed by atoms with E-state index in [4.69, 9.17) is 0 Å². The summed E-state index contributed by atoms with van der Waals surface area (Å²) < 4.78 is 0. The Bertz CT molecular complexity index is 643. The molecule has 6 unspecified atom stereocenters. The summed E-state index contributed by atoms with van der Waals surface area (Å²) in [5.74, 6) is 0. The minimum Gasteiger partial charge on any atom is -0.394 e. The highest BCUT2D eigenvalue weighted by atomic mass is 31.1. The number of hydrogen-bond donors (Lipinski definition) is 6. The van der Waals surface area contributed by atoms with Crippen molar-refractivity contribution in [3.63, 3.8) is 0 Å². The van der Waals surface area contributed by atoms with Crippen molar-refractivity contribution in [2.24, 2.45) is 0 Å². The molecule has 2 aromatic carbocycles. The predicted molar refractivity (Wildman–Crippen MR) is 113 cm³/mol. The highest BCUT2D eigenvalue weighted by molar-refractivity contribution is 7.43. The highest BCUT2D eigenvalue weighted by Gasteiger charge is 2.39. The van der Waals surface area contributed by atoms with E-state index in [2.05, 4.69) is 0 Å². The smallest absolute Gasteiger partial charge is 0.133 e. The predicted octanol–water partition coefficient (Wildman–Crippen LogP) is 0.740. The van der Waals surface area contributed by atoms with Crippen LogP contribution < -0.4 is 0 Å². The van der Waals surface area contributed by atoms with Crippen molar-refractivity contribution in [3.05, 3.63) is 71.8 Å². The third-order valence-corrected chi connectivity index (χ3v) is 8.47. The molecule has 0 fully saturated rings. The average Bonchev–Trinajstić information content (AvgIpc) is 2.76. The lowest BCUT2D eigenvalue weighted by Gasteiger charge is -2.35. The van der Waals surface area contributed by atoms with Gasteiger partial charge in [0.15, 0.2) is 0 Å². The largest absolute Gasteiger partial charge is 0.394 e. The molecule has 8 heteroatoms. The van der Waals surface area contributed by atoms with E-state index in [1.165, 1.54) is 0 Å². The van der Waals surface area contributed by atoms with Gasteiger partial charge < -0.3 is 30.6 Å². The van der Waals surface area contributed by atoms with Gasteiger partial charge in [-0.1, -0.05) is 77.8 Å². The van der Waals surface area contributed by atoms with Crippen LogP contribution in [0.4, 0.5) is 0 Å². The number of benzene rings is 2. The van der Waals surface area contributed by atoms with Gasteiger partial charge in [0, 0.05) is 0 Å². The van der Waals surface area contributed by atoms with Gasteiger partial charge >= 0.3 is 0 Å². The lowest BCUT2D eigenvalue weighted by Crippen LogP contribution is -2.39. The number of aliphatic hydroxyl groups is 6. The van der Waals surface area contributed by atoms with Crippen LogP contribution in [0.1, 0.15) is 11.1 Å². The number of hydrogen-bond acceptors (Lipinski definition) is 6. The Labute approximate surface area is 168 Å². The Morgan fingerprint density at radius 1 is 0.643 bits per heavy atom. The van der Waals surface area contributed by atoms with E-state index in [1.807, 2.05) is 0 Å². The SMILES string of the molecule is OCC(O)C(O)(PCCPC(O)(c1ccccc1)C(O)CO)c1ccccc1. The van der Waals surface area contributed by atoms with E-state index in [0.29, 0.717) is 23.5 Å². The summed E-state index contributed by atoms with van der Waals surface area (Å²) in [7, 11) is -0.248. The van der Waals surface area contributed by atoms with Gasteiger partial charge in [-0.15, -0.1) is 0 Å². The van der Waals surface area contributed by atoms with Crippen molar-refractivity contribution >= 4 is 17.2 Å². The lowest BCUT2D eigenvalue weighted by atomic mass is 10.0. The molecule has 0 aliphatic rings. The molecule has 154 valence electrons. The molecule has 2 rings (SSSR count). The van der Waals surface area contributed by atoms with Crippen molar-refractivity contribution in [1.82, 2.24) is 0 Å². The van der Waals surface area contributed by atoms with Gasteiger partial charge in [-0.3, -0.25) is 0 Å². The van der Waals surface area contributed by atoms with E-state index in [0.717, 1.165) is 0 Å². The molecule has 0 aromatic heterocycles. The van der Waals surface area contributed by atoms with E-state index in [1.54, 1.807) is 60.7 Å². The van der Waals surface area contributed by atoms with Crippen LogP contribution in [0, 0.1) is 0 Å². The fraction of sp³-hybridized carbons (Fsp3) is 0.400. The Morgan fingerprint density at radius 3 is 1.25 bits per heavy atom. The highest BCUT2D eigenvalue weighted by Crippen LogP contribution is 2.46. The van der Waals surface area contributed by atoms with Crippen molar-refractivity contribution < 1.29 is 30.6 Å². The average molecular weight is 426 g/mol. The monoisotopic (exact) mass is 426 g/mol. The molecule has 2 aromatic rings. The minimum absolute atomic E-state index is 0.124. The van der Waals surface area contributed by atoms with E-state index in [-0.39, 0.29) is 17.2 Å². The van der Waals surface area contributed by atoms with Gasteiger partial charge in [-0.05, 0) is 23.5 Å². The van der Waals surface area contributed by atoms with Crippen LogP contribution in [0.15, 0.2) is 60.7 Å². The first-order valence-electron chi connectivity index (χ1n) is 9.02. The molecule has 0 spiro atoms. The Hall–Kier alpha value is -0.940. The first-order valence-corrected chi connectivity index (χ1v) is 11.4. The van der Waals surface area contributed by atoms with Gasteiger partial charge in [0.1, 0.15) is 22.9 Å². The van der Waals surface area contributed by atoms with Crippen molar-refractivity contribution in [2.45, 2.75) is 22.9 Å². The number of rotatable bonds is 11. The van der Waals surface area contributed by atoms with Gasteiger partial charge in [0.05, 0.1) is 13.2 Å². The zero-order chi connectivity index (χ0) is 20.6. The van der Waals surface area contributed by atoms with Crippen LogP contribution in [0.25, 0.3) is 0 Å². The summed E-state index contributed by atoms with van der Waals surface area (Å²) in [5.41, 5.74) is 1.04. The molecule has 6 nitrogen and oxygen atoms in total. The van der Waals surface area contributed by atoms with Crippen molar-refractivity contribution in [3.8, 4) is 0 Å². The second kappa shape index (κ2) is 10.7. The van der Waals surface area contributed by atoms with Crippen LogP contribution in [0.5, 0.6) is 0 Å². The van der Waals surface area contributed by atoms with Crippen LogP contribution in [0.3, 0.4) is 0 Å². The van der Waals surface area contributed by atoms with E-state index >= 15 is 0 Å². The van der Waals surface area contributed by atoms with Crippen LogP contribution in [-0.4, -0.2) is 68.4 Å². The molecule has 0 saturated carbocycles. The zero-order valence-electron chi connectivity index (χ0n) is 15.4. The van der Waals surface area contributed by atoms with E-state index in [9.17, 15) is 30.6 Å². The molecule has 0 amide bonds. The van der Waals surface area contributed by atoms with Crippen LogP contribution >= 0.6 is 17.2 Å². The van der Waals surface area contributed by atoms with Gasteiger partial charge in [-0.25, -0.2) is 0 Å². The standard InChI is InChI=1S/C20H28O6P2/c21-13-17(23)19(25,15-7-3-1-4-8-15)27-11-12-28-20(26,18(24)14-22)16-9-5-2-6-10-16/h1-10,17-18,21-28H,11-14H2.